The lowest BCUT2D eigenvalue weighted by atomic mass is 9.88. The van der Waals surface area contributed by atoms with Gasteiger partial charge in [0, 0.05) is 0 Å². The van der Waals surface area contributed by atoms with Crippen molar-refractivity contribution >= 4 is 0 Å². The molecule has 0 nitrogen and oxygen atoms in total. The fourth-order valence-electron chi connectivity index (χ4n) is 3.78. The van der Waals surface area contributed by atoms with E-state index in [1.165, 1.54) is 116 Å². The zero-order chi connectivity index (χ0) is 17.9. The van der Waals surface area contributed by atoms with E-state index in [0.29, 0.717) is 0 Å². The van der Waals surface area contributed by atoms with Crippen molar-refractivity contribution in [3.63, 3.8) is 0 Å². The number of hydrogen-bond donors (Lipinski definition) is 0. The van der Waals surface area contributed by atoms with Crippen LogP contribution in [0.3, 0.4) is 0 Å². The molecule has 0 bridgehead atoms. The van der Waals surface area contributed by atoms with E-state index in [-0.39, 0.29) is 0 Å². The van der Waals surface area contributed by atoms with Crippen molar-refractivity contribution in [2.75, 3.05) is 0 Å². The second-order valence-corrected chi connectivity index (χ2v) is 8.66. The van der Waals surface area contributed by atoms with Gasteiger partial charge >= 0.3 is 0 Å². The van der Waals surface area contributed by atoms with Crippen molar-refractivity contribution in [2.45, 2.75) is 143 Å². The molecule has 0 amide bonds. The second-order valence-electron chi connectivity index (χ2n) is 8.66. The van der Waals surface area contributed by atoms with Gasteiger partial charge in [-0.1, -0.05) is 143 Å². The van der Waals surface area contributed by atoms with Crippen LogP contribution in [-0.2, 0) is 0 Å². The van der Waals surface area contributed by atoms with Crippen LogP contribution in [0.2, 0.25) is 0 Å². The van der Waals surface area contributed by atoms with Gasteiger partial charge in [0.1, 0.15) is 0 Å². The van der Waals surface area contributed by atoms with E-state index in [1.807, 2.05) is 0 Å². The van der Waals surface area contributed by atoms with Gasteiger partial charge in [-0.25, -0.2) is 0 Å². The van der Waals surface area contributed by atoms with E-state index < -0.39 is 0 Å². The van der Waals surface area contributed by atoms with Gasteiger partial charge in [-0.05, 0) is 11.8 Å². The highest BCUT2D eigenvalue weighted by Crippen LogP contribution is 2.25. The average Bonchev–Trinajstić information content (AvgIpc) is 2.57. The Morgan fingerprint density at radius 1 is 0.417 bits per heavy atom. The van der Waals surface area contributed by atoms with Crippen molar-refractivity contribution in [1.29, 1.82) is 0 Å². The van der Waals surface area contributed by atoms with Crippen LogP contribution in [0.1, 0.15) is 143 Å². The van der Waals surface area contributed by atoms with Crippen molar-refractivity contribution in [1.82, 2.24) is 0 Å². The Hall–Kier alpha value is 0. The first kappa shape index (κ1) is 24.0. The van der Waals surface area contributed by atoms with Crippen molar-refractivity contribution in [2.24, 2.45) is 11.8 Å². The zero-order valence-corrected chi connectivity index (χ0v) is 17.9. The lowest BCUT2D eigenvalue weighted by Gasteiger charge is -2.18. The summed E-state index contributed by atoms with van der Waals surface area (Å²) in [6.07, 6.45) is 26.4. The molecule has 1 unspecified atom stereocenters. The van der Waals surface area contributed by atoms with Crippen LogP contribution in [0.25, 0.3) is 0 Å². The lowest BCUT2D eigenvalue weighted by molar-refractivity contribution is 0.351. The van der Waals surface area contributed by atoms with E-state index in [2.05, 4.69) is 27.7 Å². The molecule has 0 radical (unpaired) electrons. The maximum Gasteiger partial charge on any atom is -0.0414 e. The second kappa shape index (κ2) is 19.3. The predicted octanol–water partition coefficient (Wildman–Crippen LogP) is 9.32. The average molecular weight is 339 g/mol. The molecule has 1 atom stereocenters. The molecule has 0 aromatic rings. The summed E-state index contributed by atoms with van der Waals surface area (Å²) in [6, 6.07) is 0. The zero-order valence-electron chi connectivity index (χ0n) is 17.9. The molecule has 0 aromatic carbocycles. The summed E-state index contributed by atoms with van der Waals surface area (Å²) in [4.78, 5) is 0. The monoisotopic (exact) mass is 338 g/mol. The topological polar surface area (TPSA) is 0 Å². The van der Waals surface area contributed by atoms with Crippen LogP contribution >= 0.6 is 0 Å². The highest BCUT2D eigenvalue weighted by atomic mass is 14.2. The molecule has 24 heavy (non-hydrogen) atoms. The minimum absolute atomic E-state index is 0.885. The van der Waals surface area contributed by atoms with Crippen LogP contribution in [0.4, 0.5) is 0 Å². The number of rotatable bonds is 19. The largest absolute Gasteiger partial charge is 0.0654 e. The molecule has 0 heterocycles. The Bertz CT molecular complexity index is 218. The van der Waals surface area contributed by atoms with Crippen LogP contribution in [-0.4, -0.2) is 0 Å². The Morgan fingerprint density at radius 2 is 0.792 bits per heavy atom. The molecule has 0 aromatic heterocycles. The number of unbranched alkanes of at least 4 members (excludes halogenated alkanes) is 12. The summed E-state index contributed by atoms with van der Waals surface area (Å²) >= 11 is 0. The van der Waals surface area contributed by atoms with E-state index >= 15 is 0 Å². The molecule has 146 valence electrons. The summed E-state index contributed by atoms with van der Waals surface area (Å²) in [5.41, 5.74) is 0. The molecule has 0 aliphatic rings. The molecule has 0 heteroatoms. The van der Waals surface area contributed by atoms with Crippen molar-refractivity contribution in [3.8, 4) is 0 Å². The van der Waals surface area contributed by atoms with Gasteiger partial charge in [0.05, 0.1) is 0 Å². The maximum atomic E-state index is 2.39. The summed E-state index contributed by atoms with van der Waals surface area (Å²) < 4.78 is 0. The summed E-state index contributed by atoms with van der Waals surface area (Å²) in [6.45, 7) is 9.39. The Balaban J connectivity index is 3.67. The maximum absolute atomic E-state index is 2.39. The highest BCUT2D eigenvalue weighted by molar-refractivity contribution is 4.63. The highest BCUT2D eigenvalue weighted by Gasteiger charge is 2.09. The standard InChI is InChI=1S/C24H50/c1-5-7-9-11-13-14-16-18-20-24(22-21-23(3)4)19-17-15-12-10-8-6-2/h23-24H,5-22H2,1-4H3. The molecule has 0 aliphatic heterocycles. The first-order chi connectivity index (χ1) is 11.7. The lowest BCUT2D eigenvalue weighted by Crippen LogP contribution is -2.03. The van der Waals surface area contributed by atoms with Gasteiger partial charge in [0.2, 0.25) is 0 Å². The quantitative estimate of drug-likeness (QED) is 0.206. The first-order valence-corrected chi connectivity index (χ1v) is 11.7. The molecule has 0 saturated carbocycles. The van der Waals surface area contributed by atoms with Gasteiger partial charge in [0.15, 0.2) is 0 Å². The van der Waals surface area contributed by atoms with Crippen LogP contribution < -0.4 is 0 Å². The third kappa shape index (κ3) is 18.3. The molecule has 0 saturated heterocycles. The van der Waals surface area contributed by atoms with Crippen LogP contribution in [0.15, 0.2) is 0 Å². The Kier molecular flexibility index (Phi) is 19.3. The molecular formula is C24H50. The van der Waals surface area contributed by atoms with Gasteiger partial charge < -0.3 is 0 Å². The first-order valence-electron chi connectivity index (χ1n) is 11.7. The SMILES string of the molecule is CCCCCCCCCCC(CCCCCCCC)CCC(C)C. The van der Waals surface area contributed by atoms with E-state index in [9.17, 15) is 0 Å². The van der Waals surface area contributed by atoms with E-state index in [1.54, 1.807) is 0 Å². The van der Waals surface area contributed by atoms with Crippen LogP contribution in [0, 0.1) is 11.8 Å². The van der Waals surface area contributed by atoms with Crippen molar-refractivity contribution < 1.29 is 0 Å². The summed E-state index contributed by atoms with van der Waals surface area (Å²) in [5, 5.41) is 0. The third-order valence-corrected chi connectivity index (χ3v) is 5.58. The Morgan fingerprint density at radius 3 is 1.17 bits per heavy atom. The van der Waals surface area contributed by atoms with E-state index in [0.717, 1.165) is 11.8 Å². The van der Waals surface area contributed by atoms with Gasteiger partial charge in [-0.2, -0.15) is 0 Å². The molecule has 0 rings (SSSR count). The van der Waals surface area contributed by atoms with Gasteiger partial charge in [-0.3, -0.25) is 0 Å². The van der Waals surface area contributed by atoms with Crippen LogP contribution in [0.5, 0.6) is 0 Å². The fraction of sp³-hybridized carbons (Fsp3) is 1.00. The minimum Gasteiger partial charge on any atom is -0.0654 e. The third-order valence-electron chi connectivity index (χ3n) is 5.58. The molecule has 0 spiro atoms. The summed E-state index contributed by atoms with van der Waals surface area (Å²) in [5.74, 6) is 1.91. The molecule has 0 fully saturated rings. The fourth-order valence-corrected chi connectivity index (χ4v) is 3.78. The number of hydrogen-bond acceptors (Lipinski definition) is 0. The Labute approximate surface area is 155 Å². The molecule has 0 N–H and O–H groups in total. The van der Waals surface area contributed by atoms with Gasteiger partial charge in [0.25, 0.3) is 0 Å². The summed E-state index contributed by atoms with van der Waals surface area (Å²) in [7, 11) is 0. The predicted molar refractivity (Wildman–Crippen MR) is 113 cm³/mol. The van der Waals surface area contributed by atoms with Gasteiger partial charge in [-0.15, -0.1) is 0 Å². The van der Waals surface area contributed by atoms with Crippen molar-refractivity contribution in [3.05, 3.63) is 0 Å². The van der Waals surface area contributed by atoms with E-state index in [4.69, 9.17) is 0 Å². The molecular weight excluding hydrogens is 288 g/mol. The minimum atomic E-state index is 0.885. The molecule has 0 aliphatic carbocycles. The smallest absolute Gasteiger partial charge is 0.0414 e. The normalized spacial score (nSPS) is 12.9.